The summed E-state index contributed by atoms with van der Waals surface area (Å²) in [6.45, 7) is 2.53. The lowest BCUT2D eigenvalue weighted by Gasteiger charge is -2.15. The van der Waals surface area contributed by atoms with Crippen LogP contribution in [0, 0.1) is 6.92 Å². The molecule has 1 atom stereocenters. The summed E-state index contributed by atoms with van der Waals surface area (Å²) in [5.41, 5.74) is 4.73. The van der Waals surface area contributed by atoms with E-state index in [1.807, 2.05) is 73.7 Å². The summed E-state index contributed by atoms with van der Waals surface area (Å²) >= 11 is 0. The van der Waals surface area contributed by atoms with Crippen molar-refractivity contribution in [1.29, 1.82) is 0 Å². The number of carbonyl (C=O) groups excluding carboxylic acids is 3. The van der Waals surface area contributed by atoms with Gasteiger partial charge >= 0.3 is 12.0 Å². The fourth-order valence-corrected chi connectivity index (χ4v) is 4.11. The number of hydrogen-bond donors (Lipinski definition) is 5. The Bertz CT molecular complexity index is 1280. The molecule has 0 heterocycles. The Morgan fingerprint density at radius 1 is 0.750 bits per heavy atom. The Hall–Kier alpha value is -4.66. The summed E-state index contributed by atoms with van der Waals surface area (Å²) in [6.07, 6.45) is 1.37. The molecule has 0 fully saturated rings. The number of carboxylic acid groups (broad SMARTS) is 1. The van der Waals surface area contributed by atoms with E-state index in [1.54, 1.807) is 12.1 Å². The van der Waals surface area contributed by atoms with Gasteiger partial charge in [0.25, 0.3) is 0 Å². The van der Waals surface area contributed by atoms with E-state index >= 15 is 0 Å². The van der Waals surface area contributed by atoms with Crippen molar-refractivity contribution in [1.82, 2.24) is 21.3 Å². The van der Waals surface area contributed by atoms with Crippen LogP contribution in [-0.4, -0.2) is 48.6 Å². The standard InChI is InChI=1S/C31H36N4O5/c1-22-8-7-9-23(18-22)19-35-31(40)32-17-6-5-12-28(36)34-21-29(37)33-20-27(30(38)39)26-15-13-25(14-16-26)24-10-3-2-4-11-24/h2-4,7-11,13-16,18,27H,5-6,12,17,19-21H2,1H3,(H,33,37)(H,34,36)(H,38,39)(H2,32,35,40). The molecule has 0 saturated heterocycles. The van der Waals surface area contributed by atoms with Crippen molar-refractivity contribution in [2.45, 2.75) is 38.6 Å². The number of carboxylic acids is 1. The molecule has 40 heavy (non-hydrogen) atoms. The molecule has 0 saturated carbocycles. The summed E-state index contributed by atoms with van der Waals surface area (Å²) in [7, 11) is 0. The fraction of sp³-hybridized carbons (Fsp3) is 0.290. The molecule has 5 N–H and O–H groups in total. The zero-order chi connectivity index (χ0) is 28.7. The van der Waals surface area contributed by atoms with Crippen molar-refractivity contribution in [3.05, 3.63) is 95.6 Å². The van der Waals surface area contributed by atoms with Crippen LogP contribution in [0.15, 0.2) is 78.9 Å². The Kier molecular flexibility index (Phi) is 11.7. The Balaban J connectivity index is 1.29. The number of urea groups is 1. The van der Waals surface area contributed by atoms with E-state index in [4.69, 9.17) is 0 Å². The van der Waals surface area contributed by atoms with Crippen LogP contribution >= 0.6 is 0 Å². The van der Waals surface area contributed by atoms with Crippen molar-refractivity contribution in [2.24, 2.45) is 0 Å². The Morgan fingerprint density at radius 2 is 1.48 bits per heavy atom. The highest BCUT2D eigenvalue weighted by Gasteiger charge is 2.21. The second-order valence-corrected chi connectivity index (χ2v) is 9.52. The van der Waals surface area contributed by atoms with Crippen LogP contribution in [-0.2, 0) is 20.9 Å². The average Bonchev–Trinajstić information content (AvgIpc) is 2.95. The number of benzene rings is 3. The molecule has 0 aliphatic rings. The van der Waals surface area contributed by atoms with Gasteiger partial charge in [-0.05, 0) is 42.0 Å². The zero-order valence-electron chi connectivity index (χ0n) is 22.6. The average molecular weight is 545 g/mol. The maximum atomic E-state index is 12.2. The van der Waals surface area contributed by atoms with Gasteiger partial charge in [-0.15, -0.1) is 0 Å². The second-order valence-electron chi connectivity index (χ2n) is 9.52. The normalized spacial score (nSPS) is 11.2. The molecule has 1 unspecified atom stereocenters. The molecule has 9 nitrogen and oxygen atoms in total. The predicted molar refractivity (Wildman–Crippen MR) is 154 cm³/mol. The van der Waals surface area contributed by atoms with Gasteiger partial charge in [-0.1, -0.05) is 84.4 Å². The van der Waals surface area contributed by atoms with Gasteiger partial charge in [0.2, 0.25) is 11.8 Å². The third-order valence-corrected chi connectivity index (χ3v) is 6.32. The maximum Gasteiger partial charge on any atom is 0.315 e. The van der Waals surface area contributed by atoms with E-state index < -0.39 is 17.8 Å². The van der Waals surface area contributed by atoms with Crippen LogP contribution in [0.4, 0.5) is 4.79 Å². The maximum absolute atomic E-state index is 12.2. The Morgan fingerprint density at radius 3 is 2.17 bits per heavy atom. The molecule has 3 aromatic rings. The smallest absolute Gasteiger partial charge is 0.315 e. The lowest BCUT2D eigenvalue weighted by molar-refractivity contribution is -0.138. The monoisotopic (exact) mass is 544 g/mol. The number of amides is 4. The van der Waals surface area contributed by atoms with Crippen LogP contribution in [0.1, 0.15) is 41.9 Å². The van der Waals surface area contributed by atoms with Crippen molar-refractivity contribution in [3.8, 4) is 11.1 Å². The van der Waals surface area contributed by atoms with E-state index in [-0.39, 0.29) is 31.4 Å². The van der Waals surface area contributed by atoms with E-state index in [0.29, 0.717) is 31.5 Å². The SMILES string of the molecule is Cc1cccc(CNC(=O)NCCCCC(=O)NCC(=O)NCC(C(=O)O)c2ccc(-c3ccccc3)cc2)c1. The molecule has 0 aliphatic heterocycles. The van der Waals surface area contributed by atoms with E-state index in [0.717, 1.165) is 22.3 Å². The Labute approximate surface area is 234 Å². The highest BCUT2D eigenvalue weighted by Crippen LogP contribution is 2.23. The van der Waals surface area contributed by atoms with Crippen molar-refractivity contribution < 1.29 is 24.3 Å². The summed E-state index contributed by atoms with van der Waals surface area (Å²) in [5.74, 6) is -2.71. The number of rotatable bonds is 14. The minimum absolute atomic E-state index is 0.0909. The van der Waals surface area contributed by atoms with Crippen molar-refractivity contribution in [3.63, 3.8) is 0 Å². The van der Waals surface area contributed by atoms with E-state index in [2.05, 4.69) is 21.3 Å². The minimum Gasteiger partial charge on any atom is -0.481 e. The number of nitrogens with one attached hydrogen (secondary N) is 4. The first-order valence-electron chi connectivity index (χ1n) is 13.3. The number of aliphatic carboxylic acids is 1. The lowest BCUT2D eigenvalue weighted by Crippen LogP contribution is -2.39. The van der Waals surface area contributed by atoms with Gasteiger partial charge in [0.05, 0.1) is 12.5 Å². The van der Waals surface area contributed by atoms with Gasteiger partial charge in [-0.3, -0.25) is 14.4 Å². The summed E-state index contributed by atoms with van der Waals surface area (Å²) in [4.78, 5) is 48.0. The lowest BCUT2D eigenvalue weighted by atomic mass is 9.96. The fourth-order valence-electron chi connectivity index (χ4n) is 4.11. The first kappa shape index (κ1) is 29.9. The van der Waals surface area contributed by atoms with Crippen molar-refractivity contribution in [2.75, 3.05) is 19.6 Å². The molecule has 0 spiro atoms. The molecular weight excluding hydrogens is 508 g/mol. The van der Waals surface area contributed by atoms with Gasteiger partial charge in [0.15, 0.2) is 0 Å². The molecule has 4 amide bonds. The topological polar surface area (TPSA) is 137 Å². The molecular formula is C31H36N4O5. The van der Waals surface area contributed by atoms with E-state index in [9.17, 15) is 24.3 Å². The molecule has 0 radical (unpaired) electrons. The van der Waals surface area contributed by atoms with Gasteiger partial charge in [0.1, 0.15) is 0 Å². The van der Waals surface area contributed by atoms with Gasteiger partial charge in [-0.2, -0.15) is 0 Å². The number of unbranched alkanes of at least 4 members (excludes halogenated alkanes) is 1. The van der Waals surface area contributed by atoms with Gasteiger partial charge in [0, 0.05) is 26.1 Å². The highest BCUT2D eigenvalue weighted by molar-refractivity contribution is 5.85. The number of aryl methyl sites for hydroxylation is 1. The number of carbonyl (C=O) groups is 4. The summed E-state index contributed by atoms with van der Waals surface area (Å²) < 4.78 is 0. The molecule has 0 aliphatic carbocycles. The molecule has 210 valence electrons. The molecule has 9 heteroatoms. The van der Waals surface area contributed by atoms with Crippen molar-refractivity contribution >= 4 is 23.8 Å². The molecule has 3 aromatic carbocycles. The zero-order valence-corrected chi connectivity index (χ0v) is 22.6. The van der Waals surface area contributed by atoms with Crippen LogP contribution in [0.25, 0.3) is 11.1 Å². The van der Waals surface area contributed by atoms with Crippen LogP contribution < -0.4 is 21.3 Å². The minimum atomic E-state index is -1.05. The van der Waals surface area contributed by atoms with E-state index in [1.165, 1.54) is 0 Å². The quantitative estimate of drug-likeness (QED) is 0.197. The largest absolute Gasteiger partial charge is 0.481 e. The molecule has 0 bridgehead atoms. The van der Waals surface area contributed by atoms with Crippen LogP contribution in [0.2, 0.25) is 0 Å². The third kappa shape index (κ3) is 10.2. The molecule has 0 aromatic heterocycles. The third-order valence-electron chi connectivity index (χ3n) is 6.32. The van der Waals surface area contributed by atoms with Gasteiger partial charge < -0.3 is 26.4 Å². The molecule has 3 rings (SSSR count). The summed E-state index contributed by atoms with van der Waals surface area (Å²) in [6, 6.07) is 24.6. The highest BCUT2D eigenvalue weighted by atomic mass is 16.4. The second kappa shape index (κ2) is 15.7. The first-order valence-corrected chi connectivity index (χ1v) is 13.3. The first-order chi connectivity index (χ1) is 19.3. The number of hydrogen-bond acceptors (Lipinski definition) is 4. The summed E-state index contributed by atoms with van der Waals surface area (Å²) in [5, 5.41) is 20.3. The predicted octanol–water partition coefficient (Wildman–Crippen LogP) is 3.73. The van der Waals surface area contributed by atoms with Crippen LogP contribution in [0.5, 0.6) is 0 Å². The van der Waals surface area contributed by atoms with Crippen LogP contribution in [0.3, 0.4) is 0 Å². The van der Waals surface area contributed by atoms with Gasteiger partial charge in [-0.25, -0.2) is 4.79 Å².